The van der Waals surface area contributed by atoms with Crippen LogP contribution < -0.4 is 0 Å². The SMILES string of the molecule is Cc1cc(F)nc(C(F)F)c1CO. The van der Waals surface area contributed by atoms with Crippen molar-refractivity contribution in [3.8, 4) is 0 Å². The molecule has 13 heavy (non-hydrogen) atoms. The molecule has 0 amide bonds. The Labute approximate surface area is 73.0 Å². The topological polar surface area (TPSA) is 33.1 Å². The van der Waals surface area contributed by atoms with Crippen LogP contribution in [0.1, 0.15) is 23.2 Å². The van der Waals surface area contributed by atoms with Crippen LogP contribution in [0, 0.1) is 12.9 Å². The number of aryl methyl sites for hydroxylation is 1. The normalized spacial score (nSPS) is 10.9. The van der Waals surface area contributed by atoms with Gasteiger partial charge in [-0.1, -0.05) is 0 Å². The number of aliphatic hydroxyl groups is 1. The zero-order chi connectivity index (χ0) is 10.0. The van der Waals surface area contributed by atoms with Crippen LogP contribution in [0.15, 0.2) is 6.07 Å². The minimum absolute atomic E-state index is 0.00333. The van der Waals surface area contributed by atoms with Crippen molar-refractivity contribution in [2.45, 2.75) is 20.0 Å². The fourth-order valence-electron chi connectivity index (χ4n) is 1.07. The third-order valence-corrected chi connectivity index (χ3v) is 1.71. The van der Waals surface area contributed by atoms with E-state index >= 15 is 0 Å². The van der Waals surface area contributed by atoms with Gasteiger partial charge in [0.1, 0.15) is 5.69 Å². The number of hydrogen-bond acceptors (Lipinski definition) is 2. The summed E-state index contributed by atoms with van der Waals surface area (Å²) in [4.78, 5) is 3.03. The Morgan fingerprint density at radius 1 is 1.54 bits per heavy atom. The zero-order valence-electron chi connectivity index (χ0n) is 6.89. The Morgan fingerprint density at radius 3 is 2.62 bits per heavy atom. The first-order chi connectivity index (χ1) is 6.06. The average molecular weight is 191 g/mol. The van der Waals surface area contributed by atoms with Gasteiger partial charge in [-0.05, 0) is 18.6 Å². The molecule has 0 unspecified atom stereocenters. The second kappa shape index (κ2) is 3.74. The van der Waals surface area contributed by atoms with E-state index in [1.165, 1.54) is 6.92 Å². The molecular weight excluding hydrogens is 183 g/mol. The highest BCUT2D eigenvalue weighted by atomic mass is 19.3. The van der Waals surface area contributed by atoms with Crippen LogP contribution in [0.4, 0.5) is 13.2 Å². The highest BCUT2D eigenvalue weighted by molar-refractivity contribution is 5.29. The molecule has 0 fully saturated rings. The van der Waals surface area contributed by atoms with Gasteiger partial charge < -0.3 is 5.11 Å². The van der Waals surface area contributed by atoms with Crippen LogP contribution in [0.5, 0.6) is 0 Å². The molecule has 0 saturated heterocycles. The Bertz CT molecular complexity index is 315. The summed E-state index contributed by atoms with van der Waals surface area (Å²) in [5, 5.41) is 8.74. The molecule has 0 atom stereocenters. The fraction of sp³-hybridized carbons (Fsp3) is 0.375. The van der Waals surface area contributed by atoms with E-state index in [9.17, 15) is 13.2 Å². The quantitative estimate of drug-likeness (QED) is 0.725. The lowest BCUT2D eigenvalue weighted by Crippen LogP contribution is -2.03. The molecule has 0 radical (unpaired) electrons. The van der Waals surface area contributed by atoms with Crippen LogP contribution in [0.25, 0.3) is 0 Å². The van der Waals surface area contributed by atoms with Crippen LogP contribution in [-0.4, -0.2) is 10.1 Å². The van der Waals surface area contributed by atoms with E-state index in [4.69, 9.17) is 5.11 Å². The summed E-state index contributed by atoms with van der Waals surface area (Å²) in [6, 6.07) is 1.01. The summed E-state index contributed by atoms with van der Waals surface area (Å²) in [5.74, 6) is -0.954. The average Bonchev–Trinajstić information content (AvgIpc) is 2.02. The van der Waals surface area contributed by atoms with Gasteiger partial charge in [-0.15, -0.1) is 0 Å². The number of nitrogens with zero attached hydrogens (tertiary/aromatic N) is 1. The highest BCUT2D eigenvalue weighted by Gasteiger charge is 2.17. The van der Waals surface area contributed by atoms with Gasteiger partial charge in [-0.2, -0.15) is 4.39 Å². The zero-order valence-corrected chi connectivity index (χ0v) is 6.89. The van der Waals surface area contributed by atoms with Gasteiger partial charge in [-0.3, -0.25) is 0 Å². The number of aliphatic hydroxyl groups excluding tert-OH is 1. The van der Waals surface area contributed by atoms with E-state index < -0.39 is 24.7 Å². The summed E-state index contributed by atoms with van der Waals surface area (Å²) in [7, 11) is 0. The number of pyridine rings is 1. The predicted octanol–water partition coefficient (Wildman–Crippen LogP) is 1.96. The van der Waals surface area contributed by atoms with E-state index in [0.717, 1.165) is 6.07 Å². The molecule has 1 heterocycles. The summed E-state index contributed by atoms with van der Waals surface area (Å²) >= 11 is 0. The first-order valence-electron chi connectivity index (χ1n) is 3.61. The number of aromatic nitrogens is 1. The van der Waals surface area contributed by atoms with Crippen LogP contribution in [-0.2, 0) is 6.61 Å². The predicted molar refractivity (Wildman–Crippen MR) is 39.8 cm³/mol. The van der Waals surface area contributed by atoms with Crippen molar-refractivity contribution < 1.29 is 18.3 Å². The van der Waals surface area contributed by atoms with Gasteiger partial charge >= 0.3 is 0 Å². The second-order valence-corrected chi connectivity index (χ2v) is 2.58. The second-order valence-electron chi connectivity index (χ2n) is 2.58. The largest absolute Gasteiger partial charge is 0.392 e. The number of halogens is 3. The highest BCUT2D eigenvalue weighted by Crippen LogP contribution is 2.23. The summed E-state index contributed by atoms with van der Waals surface area (Å²) < 4.78 is 37.0. The minimum Gasteiger partial charge on any atom is -0.392 e. The molecule has 0 aliphatic heterocycles. The van der Waals surface area contributed by atoms with E-state index in [1.807, 2.05) is 0 Å². The fourth-order valence-corrected chi connectivity index (χ4v) is 1.07. The van der Waals surface area contributed by atoms with Gasteiger partial charge in [0.2, 0.25) is 5.95 Å². The molecule has 0 spiro atoms. The van der Waals surface area contributed by atoms with E-state index in [-0.39, 0.29) is 11.1 Å². The molecule has 0 aliphatic carbocycles. The molecular formula is C8H8F3NO. The van der Waals surface area contributed by atoms with Crippen molar-refractivity contribution in [1.29, 1.82) is 0 Å². The molecule has 1 N–H and O–H groups in total. The van der Waals surface area contributed by atoms with Gasteiger partial charge in [-0.25, -0.2) is 13.8 Å². The van der Waals surface area contributed by atoms with Crippen LogP contribution in [0.3, 0.4) is 0 Å². The van der Waals surface area contributed by atoms with E-state index in [2.05, 4.69) is 4.98 Å². The van der Waals surface area contributed by atoms with Crippen LogP contribution in [0.2, 0.25) is 0 Å². The molecule has 72 valence electrons. The number of rotatable bonds is 2. The summed E-state index contributed by atoms with van der Waals surface area (Å²) in [6.45, 7) is 0.890. The maximum absolute atomic E-state index is 12.6. The Balaban J connectivity index is 3.29. The number of hydrogen-bond donors (Lipinski definition) is 1. The molecule has 0 saturated carbocycles. The Kier molecular flexibility index (Phi) is 2.87. The molecule has 2 nitrogen and oxygen atoms in total. The summed E-state index contributed by atoms with van der Waals surface area (Å²) in [5.41, 5.74) is -0.401. The molecule has 1 aromatic rings. The minimum atomic E-state index is -2.86. The third kappa shape index (κ3) is 1.98. The lowest BCUT2D eigenvalue weighted by molar-refractivity contribution is 0.140. The van der Waals surface area contributed by atoms with Crippen molar-refractivity contribution in [3.05, 3.63) is 28.8 Å². The Hall–Kier alpha value is -1.10. The first kappa shape index (κ1) is 9.98. The molecule has 5 heteroatoms. The lowest BCUT2D eigenvalue weighted by atomic mass is 10.1. The molecule has 0 aromatic carbocycles. The molecule has 0 aliphatic rings. The monoisotopic (exact) mass is 191 g/mol. The molecule has 1 aromatic heterocycles. The Morgan fingerprint density at radius 2 is 2.15 bits per heavy atom. The van der Waals surface area contributed by atoms with Gasteiger partial charge in [0.15, 0.2) is 0 Å². The van der Waals surface area contributed by atoms with Crippen molar-refractivity contribution in [1.82, 2.24) is 4.98 Å². The lowest BCUT2D eigenvalue weighted by Gasteiger charge is -2.08. The maximum Gasteiger partial charge on any atom is 0.280 e. The molecule has 0 bridgehead atoms. The van der Waals surface area contributed by atoms with Crippen molar-refractivity contribution >= 4 is 0 Å². The van der Waals surface area contributed by atoms with Gasteiger partial charge in [0.05, 0.1) is 6.61 Å². The summed E-state index contributed by atoms with van der Waals surface area (Å²) in [6.07, 6.45) is -2.86. The standard InChI is InChI=1S/C8H8F3NO/c1-4-2-6(9)12-7(8(10)11)5(4)3-13/h2,8,13H,3H2,1H3. The third-order valence-electron chi connectivity index (χ3n) is 1.71. The van der Waals surface area contributed by atoms with Crippen molar-refractivity contribution in [3.63, 3.8) is 0 Å². The van der Waals surface area contributed by atoms with E-state index in [1.54, 1.807) is 0 Å². The first-order valence-corrected chi connectivity index (χ1v) is 3.61. The smallest absolute Gasteiger partial charge is 0.280 e. The maximum atomic E-state index is 12.6. The van der Waals surface area contributed by atoms with Gasteiger partial charge in [0.25, 0.3) is 6.43 Å². The number of alkyl halides is 2. The molecule has 1 rings (SSSR count). The van der Waals surface area contributed by atoms with Crippen molar-refractivity contribution in [2.24, 2.45) is 0 Å². The van der Waals surface area contributed by atoms with Crippen LogP contribution >= 0.6 is 0 Å². The van der Waals surface area contributed by atoms with Crippen molar-refractivity contribution in [2.75, 3.05) is 0 Å². The van der Waals surface area contributed by atoms with Gasteiger partial charge in [0, 0.05) is 5.56 Å². The van der Waals surface area contributed by atoms with E-state index in [0.29, 0.717) is 0 Å².